The molecule has 130 valence electrons. The minimum atomic E-state index is -0.297. The smallest absolute Gasteiger partial charge is 0.228 e. The molecule has 1 fully saturated rings. The lowest BCUT2D eigenvalue weighted by molar-refractivity contribution is -0.125. The van der Waals surface area contributed by atoms with E-state index in [1.54, 1.807) is 18.2 Å². The van der Waals surface area contributed by atoms with Gasteiger partial charge in [0.05, 0.1) is 11.8 Å². The molecule has 2 unspecified atom stereocenters. The van der Waals surface area contributed by atoms with Crippen molar-refractivity contribution in [2.75, 3.05) is 11.9 Å². The summed E-state index contributed by atoms with van der Waals surface area (Å²) < 4.78 is 0. The minimum Gasteiger partial charge on any atom is -0.356 e. The average Bonchev–Trinajstić information content (AvgIpc) is 3.35. The lowest BCUT2D eigenvalue weighted by atomic mass is 10.1. The van der Waals surface area contributed by atoms with Crippen LogP contribution in [0.3, 0.4) is 0 Å². The van der Waals surface area contributed by atoms with Gasteiger partial charge in [0.15, 0.2) is 0 Å². The van der Waals surface area contributed by atoms with Crippen LogP contribution in [0.1, 0.15) is 12.0 Å². The van der Waals surface area contributed by atoms with Gasteiger partial charge in [-0.3, -0.25) is 9.59 Å². The molecule has 0 spiro atoms. The van der Waals surface area contributed by atoms with Crippen LogP contribution >= 0.6 is 23.2 Å². The van der Waals surface area contributed by atoms with Gasteiger partial charge in [-0.2, -0.15) is 0 Å². The highest BCUT2D eigenvalue weighted by Gasteiger charge is 2.47. The maximum atomic E-state index is 12.2. The maximum Gasteiger partial charge on any atom is 0.228 e. The van der Waals surface area contributed by atoms with Crippen LogP contribution in [0.4, 0.5) is 5.69 Å². The summed E-state index contributed by atoms with van der Waals surface area (Å²) in [4.78, 5) is 24.4. The Labute approximate surface area is 156 Å². The molecule has 0 aliphatic heterocycles. The van der Waals surface area contributed by atoms with Gasteiger partial charge in [0.25, 0.3) is 0 Å². The molecule has 1 aliphatic carbocycles. The van der Waals surface area contributed by atoms with E-state index in [1.165, 1.54) is 5.56 Å². The maximum absolute atomic E-state index is 12.2. The Morgan fingerprint density at radius 1 is 0.960 bits per heavy atom. The standard InChI is InChI=1S/C19H18Cl2N2O2/c20-13-8-14(21)10-15(9-13)23-19(25)17-11-16(17)18(24)22-7-6-12-4-2-1-3-5-12/h1-5,8-10,16-17H,6-7,11H2,(H,22,24)(H,23,25). The number of halogens is 2. The van der Waals surface area contributed by atoms with E-state index < -0.39 is 0 Å². The number of hydrogen-bond acceptors (Lipinski definition) is 2. The predicted octanol–water partition coefficient (Wildman–Crippen LogP) is 3.93. The molecule has 2 aromatic carbocycles. The number of carbonyl (C=O) groups is 2. The first-order chi connectivity index (χ1) is 12.0. The van der Waals surface area contributed by atoms with E-state index in [0.717, 1.165) is 6.42 Å². The monoisotopic (exact) mass is 376 g/mol. The fourth-order valence-corrected chi connectivity index (χ4v) is 3.27. The van der Waals surface area contributed by atoms with Crippen molar-refractivity contribution in [2.24, 2.45) is 11.8 Å². The lowest BCUT2D eigenvalue weighted by Gasteiger charge is -2.07. The van der Waals surface area contributed by atoms with E-state index in [4.69, 9.17) is 23.2 Å². The fourth-order valence-electron chi connectivity index (χ4n) is 2.74. The van der Waals surface area contributed by atoms with Crippen LogP contribution in [0, 0.1) is 11.8 Å². The third kappa shape index (κ3) is 4.97. The van der Waals surface area contributed by atoms with Gasteiger partial charge in [-0.1, -0.05) is 53.5 Å². The summed E-state index contributed by atoms with van der Waals surface area (Å²) >= 11 is 11.8. The lowest BCUT2D eigenvalue weighted by Crippen LogP contribution is -2.29. The highest BCUT2D eigenvalue weighted by Crippen LogP contribution is 2.39. The van der Waals surface area contributed by atoms with E-state index in [1.807, 2.05) is 30.3 Å². The first-order valence-electron chi connectivity index (χ1n) is 8.11. The number of rotatable bonds is 6. The Morgan fingerprint density at radius 2 is 1.60 bits per heavy atom. The molecular weight excluding hydrogens is 359 g/mol. The zero-order valence-corrected chi connectivity index (χ0v) is 15.0. The van der Waals surface area contributed by atoms with Gasteiger partial charge >= 0.3 is 0 Å². The second-order valence-corrected chi connectivity index (χ2v) is 7.00. The minimum absolute atomic E-state index is 0.0693. The molecule has 6 heteroatoms. The van der Waals surface area contributed by atoms with Gasteiger partial charge in [0, 0.05) is 22.3 Å². The van der Waals surface area contributed by atoms with Crippen molar-refractivity contribution in [3.63, 3.8) is 0 Å². The van der Waals surface area contributed by atoms with Crippen molar-refractivity contribution < 1.29 is 9.59 Å². The third-order valence-corrected chi connectivity index (χ3v) is 4.59. The Bertz CT molecular complexity index is 760. The van der Waals surface area contributed by atoms with Gasteiger partial charge in [-0.15, -0.1) is 0 Å². The number of anilines is 1. The van der Waals surface area contributed by atoms with Gasteiger partial charge < -0.3 is 10.6 Å². The Kier molecular flexibility index (Phi) is 5.61. The number of amides is 2. The average molecular weight is 377 g/mol. The van der Waals surface area contributed by atoms with E-state index in [0.29, 0.717) is 28.7 Å². The number of benzene rings is 2. The summed E-state index contributed by atoms with van der Waals surface area (Å²) in [6.07, 6.45) is 1.34. The predicted molar refractivity (Wildman–Crippen MR) is 99.8 cm³/mol. The van der Waals surface area contributed by atoms with Crippen molar-refractivity contribution in [2.45, 2.75) is 12.8 Å². The van der Waals surface area contributed by atoms with Crippen molar-refractivity contribution in [1.82, 2.24) is 5.32 Å². The van der Waals surface area contributed by atoms with E-state index >= 15 is 0 Å². The first kappa shape index (κ1) is 17.8. The third-order valence-electron chi connectivity index (χ3n) is 4.15. The number of hydrogen-bond donors (Lipinski definition) is 2. The molecular formula is C19H18Cl2N2O2. The molecule has 0 bridgehead atoms. The normalized spacial score (nSPS) is 18.5. The van der Waals surface area contributed by atoms with Gasteiger partial charge in [-0.05, 0) is 36.6 Å². The van der Waals surface area contributed by atoms with Crippen molar-refractivity contribution >= 4 is 40.7 Å². The molecule has 1 saturated carbocycles. The molecule has 2 N–H and O–H groups in total. The van der Waals surface area contributed by atoms with Gasteiger partial charge in [0.2, 0.25) is 11.8 Å². The summed E-state index contributed by atoms with van der Waals surface area (Å²) in [5, 5.41) is 6.57. The van der Waals surface area contributed by atoms with E-state index in [2.05, 4.69) is 10.6 Å². The van der Waals surface area contributed by atoms with Gasteiger partial charge in [0.1, 0.15) is 0 Å². The Balaban J connectivity index is 1.45. The molecule has 2 aromatic rings. The van der Waals surface area contributed by atoms with Gasteiger partial charge in [-0.25, -0.2) is 0 Å². The van der Waals surface area contributed by atoms with Crippen LogP contribution in [0.2, 0.25) is 10.0 Å². The summed E-state index contributed by atoms with van der Waals surface area (Å²) in [5.41, 5.74) is 1.71. The van der Waals surface area contributed by atoms with Crippen LogP contribution in [0.15, 0.2) is 48.5 Å². The van der Waals surface area contributed by atoms with Crippen LogP contribution in [-0.4, -0.2) is 18.4 Å². The van der Waals surface area contributed by atoms with Crippen LogP contribution < -0.4 is 10.6 Å². The first-order valence-corrected chi connectivity index (χ1v) is 8.87. The highest BCUT2D eigenvalue weighted by molar-refractivity contribution is 6.35. The number of nitrogens with one attached hydrogen (secondary N) is 2. The SMILES string of the molecule is O=C(NCCc1ccccc1)C1CC1C(=O)Nc1cc(Cl)cc(Cl)c1. The van der Waals surface area contributed by atoms with Crippen LogP contribution in [-0.2, 0) is 16.0 Å². The largest absolute Gasteiger partial charge is 0.356 e. The molecule has 0 saturated heterocycles. The molecule has 2 atom stereocenters. The molecule has 25 heavy (non-hydrogen) atoms. The molecule has 0 heterocycles. The summed E-state index contributed by atoms with van der Waals surface area (Å²) in [6, 6.07) is 14.8. The van der Waals surface area contributed by atoms with E-state index in [-0.39, 0.29) is 23.7 Å². The zero-order valence-electron chi connectivity index (χ0n) is 13.5. The molecule has 4 nitrogen and oxygen atoms in total. The molecule has 0 radical (unpaired) electrons. The summed E-state index contributed by atoms with van der Waals surface area (Å²) in [5.74, 6) is -0.804. The Morgan fingerprint density at radius 3 is 2.28 bits per heavy atom. The fraction of sp³-hybridized carbons (Fsp3) is 0.263. The zero-order chi connectivity index (χ0) is 17.8. The highest BCUT2D eigenvalue weighted by atomic mass is 35.5. The summed E-state index contributed by atoms with van der Waals surface area (Å²) in [6.45, 7) is 0.567. The molecule has 1 aliphatic rings. The number of carbonyl (C=O) groups excluding carboxylic acids is 2. The summed E-state index contributed by atoms with van der Waals surface area (Å²) in [7, 11) is 0. The van der Waals surface area contributed by atoms with Crippen LogP contribution in [0.5, 0.6) is 0 Å². The van der Waals surface area contributed by atoms with E-state index in [9.17, 15) is 9.59 Å². The second kappa shape index (κ2) is 7.89. The van der Waals surface area contributed by atoms with Crippen molar-refractivity contribution in [3.8, 4) is 0 Å². The second-order valence-electron chi connectivity index (χ2n) is 6.12. The Hall–Kier alpha value is -2.04. The van der Waals surface area contributed by atoms with Crippen molar-refractivity contribution in [3.05, 3.63) is 64.1 Å². The quantitative estimate of drug-likeness (QED) is 0.802. The molecule has 2 amide bonds. The van der Waals surface area contributed by atoms with Crippen LogP contribution in [0.25, 0.3) is 0 Å². The molecule has 0 aromatic heterocycles. The molecule has 3 rings (SSSR count). The topological polar surface area (TPSA) is 58.2 Å². The van der Waals surface area contributed by atoms with Crippen molar-refractivity contribution in [1.29, 1.82) is 0 Å².